The van der Waals surface area contributed by atoms with Gasteiger partial charge >= 0.3 is 0 Å². The van der Waals surface area contributed by atoms with Gasteiger partial charge in [-0.2, -0.15) is 0 Å². The molecule has 190 valence electrons. The second-order valence-corrected chi connectivity index (χ2v) is 11.7. The van der Waals surface area contributed by atoms with E-state index in [9.17, 15) is 13.2 Å². The average Bonchev–Trinajstić information content (AvgIpc) is 3.47. The molecule has 0 aromatic heterocycles. The zero-order valence-electron chi connectivity index (χ0n) is 20.5. The minimum Gasteiger partial charge on any atom is -0.372 e. The third kappa shape index (κ3) is 4.99. The number of fused-ring (bicyclic) bond motifs is 1. The highest BCUT2D eigenvalue weighted by atomic mass is 32.2. The van der Waals surface area contributed by atoms with Crippen molar-refractivity contribution < 1.29 is 13.2 Å². The van der Waals surface area contributed by atoms with Gasteiger partial charge in [-0.3, -0.25) is 4.79 Å². The van der Waals surface area contributed by atoms with E-state index in [2.05, 4.69) is 32.4 Å². The third-order valence-corrected chi connectivity index (χ3v) is 8.65. The molecule has 2 heterocycles. The summed E-state index contributed by atoms with van der Waals surface area (Å²) in [5.74, 6) is 0.157. The Morgan fingerprint density at radius 2 is 1.68 bits per heavy atom. The van der Waals surface area contributed by atoms with Crippen LogP contribution < -0.4 is 20.3 Å². The topological polar surface area (TPSA) is 90.5 Å². The summed E-state index contributed by atoms with van der Waals surface area (Å²) in [6.45, 7) is 2.59. The highest BCUT2D eigenvalue weighted by Crippen LogP contribution is 2.39. The number of carbonyl (C=O) groups is 1. The second-order valence-electron chi connectivity index (χ2n) is 9.94. The van der Waals surface area contributed by atoms with Crippen molar-refractivity contribution in [2.45, 2.75) is 30.6 Å². The van der Waals surface area contributed by atoms with Crippen LogP contribution in [0.25, 0.3) is 11.3 Å². The summed E-state index contributed by atoms with van der Waals surface area (Å²) in [6.07, 6.45) is 4.55. The molecule has 1 amide bonds. The van der Waals surface area contributed by atoms with Crippen LogP contribution in [0.2, 0.25) is 0 Å². The quantitative estimate of drug-likeness (QED) is 0.372. The van der Waals surface area contributed by atoms with Gasteiger partial charge in [0.1, 0.15) is 0 Å². The summed E-state index contributed by atoms with van der Waals surface area (Å²) in [7, 11) is -3.68. The molecule has 1 saturated carbocycles. The minimum absolute atomic E-state index is 0.156. The summed E-state index contributed by atoms with van der Waals surface area (Å²) in [5, 5.41) is 6.38. The maximum Gasteiger partial charge on any atom is 0.258 e. The Bertz CT molecular complexity index is 1460. The van der Waals surface area contributed by atoms with Crippen molar-refractivity contribution in [1.29, 1.82) is 0 Å². The van der Waals surface area contributed by atoms with E-state index >= 15 is 0 Å². The zero-order chi connectivity index (χ0) is 25.4. The summed E-state index contributed by atoms with van der Waals surface area (Å²) in [5.41, 5.74) is 5.10. The monoisotopic (exact) mass is 514 g/mol. The molecule has 6 rings (SSSR count). The standard InChI is InChI=1S/C29H30N4O3S/c34-29-27(25-18-24(14-15-26(25)32-29)37(35,36)30-19-20-8-9-20)28(21-6-2-1-3-7-21)31-22-10-12-23(13-11-22)33-16-4-5-17-33/h1-3,6-7,10-15,18,20,30-31H,4-5,8-9,16-17,19H2,(H,32,34)/b28-27-. The van der Waals surface area contributed by atoms with E-state index in [0.29, 0.717) is 35.0 Å². The molecule has 0 bridgehead atoms. The number of sulfonamides is 1. The smallest absolute Gasteiger partial charge is 0.258 e. The first-order chi connectivity index (χ1) is 18.0. The molecule has 8 heteroatoms. The second kappa shape index (κ2) is 9.68. The summed E-state index contributed by atoms with van der Waals surface area (Å²) < 4.78 is 28.7. The first-order valence-corrected chi connectivity index (χ1v) is 14.3. The van der Waals surface area contributed by atoms with Crippen molar-refractivity contribution in [2.75, 3.05) is 35.2 Å². The molecule has 1 aliphatic carbocycles. The molecule has 1 saturated heterocycles. The van der Waals surface area contributed by atoms with Gasteiger partial charge in [-0.15, -0.1) is 0 Å². The van der Waals surface area contributed by atoms with Gasteiger partial charge in [-0.05, 0) is 79.6 Å². The van der Waals surface area contributed by atoms with Gasteiger partial charge in [0.15, 0.2) is 0 Å². The lowest BCUT2D eigenvalue weighted by Crippen LogP contribution is -2.25. The van der Waals surface area contributed by atoms with Crippen molar-refractivity contribution in [3.05, 3.63) is 83.9 Å². The number of carbonyl (C=O) groups excluding carboxylic acids is 1. The molecule has 0 radical (unpaired) electrons. The van der Waals surface area contributed by atoms with E-state index in [1.54, 1.807) is 18.2 Å². The normalized spacial score (nSPS) is 18.5. The van der Waals surface area contributed by atoms with Gasteiger partial charge in [0, 0.05) is 42.3 Å². The number of hydrogen-bond donors (Lipinski definition) is 3. The Kier molecular flexibility index (Phi) is 6.22. The molecular weight excluding hydrogens is 484 g/mol. The lowest BCUT2D eigenvalue weighted by atomic mass is 10.00. The van der Waals surface area contributed by atoms with Gasteiger partial charge in [0.05, 0.1) is 16.2 Å². The first-order valence-electron chi connectivity index (χ1n) is 12.9. The lowest BCUT2D eigenvalue weighted by Gasteiger charge is -2.19. The van der Waals surface area contributed by atoms with E-state index in [4.69, 9.17) is 0 Å². The van der Waals surface area contributed by atoms with Crippen LogP contribution in [0.3, 0.4) is 0 Å². The fourth-order valence-electron chi connectivity index (χ4n) is 4.95. The summed E-state index contributed by atoms with van der Waals surface area (Å²) in [4.78, 5) is 15.8. The number of rotatable bonds is 8. The van der Waals surface area contributed by atoms with Crippen LogP contribution in [0.5, 0.6) is 0 Å². The number of amides is 1. The summed E-state index contributed by atoms with van der Waals surface area (Å²) in [6, 6.07) is 22.7. The molecule has 0 spiro atoms. The minimum atomic E-state index is -3.68. The van der Waals surface area contributed by atoms with Gasteiger partial charge < -0.3 is 15.5 Å². The molecule has 2 aliphatic heterocycles. The van der Waals surface area contributed by atoms with E-state index in [0.717, 1.165) is 37.2 Å². The molecule has 2 fully saturated rings. The predicted molar refractivity (Wildman–Crippen MR) is 148 cm³/mol. The molecular formula is C29H30N4O3S. The van der Waals surface area contributed by atoms with Gasteiger partial charge in [-0.1, -0.05) is 30.3 Å². The number of hydrogen-bond acceptors (Lipinski definition) is 5. The Hall–Kier alpha value is -3.62. The van der Waals surface area contributed by atoms with Crippen LogP contribution in [0.1, 0.15) is 36.8 Å². The number of anilines is 3. The molecule has 37 heavy (non-hydrogen) atoms. The fourth-order valence-corrected chi connectivity index (χ4v) is 6.10. The summed E-state index contributed by atoms with van der Waals surface area (Å²) >= 11 is 0. The van der Waals surface area contributed by atoms with E-state index in [-0.39, 0.29) is 10.8 Å². The zero-order valence-corrected chi connectivity index (χ0v) is 21.4. The van der Waals surface area contributed by atoms with Gasteiger partial charge in [0.2, 0.25) is 10.0 Å². The van der Waals surface area contributed by atoms with Crippen molar-refractivity contribution in [1.82, 2.24) is 4.72 Å². The van der Waals surface area contributed by atoms with Crippen molar-refractivity contribution in [3.8, 4) is 0 Å². The first kappa shape index (κ1) is 23.8. The van der Waals surface area contributed by atoms with Crippen LogP contribution in [0.15, 0.2) is 77.7 Å². The predicted octanol–water partition coefficient (Wildman–Crippen LogP) is 4.91. The molecule has 3 aromatic carbocycles. The Morgan fingerprint density at radius 3 is 2.38 bits per heavy atom. The SMILES string of the molecule is O=C1Nc2ccc(S(=O)(=O)NCC3CC3)cc2/C1=C(/Nc1ccc(N2CCCC2)cc1)c1ccccc1. The van der Waals surface area contributed by atoms with Crippen LogP contribution in [-0.4, -0.2) is 34.0 Å². The third-order valence-electron chi connectivity index (χ3n) is 7.23. The van der Waals surface area contributed by atoms with E-state index < -0.39 is 10.0 Å². The van der Waals surface area contributed by atoms with Crippen LogP contribution in [-0.2, 0) is 14.8 Å². The number of nitrogens with zero attached hydrogens (tertiary/aromatic N) is 1. The molecule has 3 N–H and O–H groups in total. The maximum atomic E-state index is 13.3. The van der Waals surface area contributed by atoms with Crippen molar-refractivity contribution >= 4 is 44.3 Å². The lowest BCUT2D eigenvalue weighted by molar-refractivity contribution is -0.110. The van der Waals surface area contributed by atoms with Gasteiger partial charge in [0.25, 0.3) is 5.91 Å². The molecule has 3 aromatic rings. The van der Waals surface area contributed by atoms with Crippen molar-refractivity contribution in [3.63, 3.8) is 0 Å². The highest BCUT2D eigenvalue weighted by Gasteiger charge is 2.31. The Labute approximate surface area is 217 Å². The van der Waals surface area contributed by atoms with E-state index in [1.165, 1.54) is 18.5 Å². The van der Waals surface area contributed by atoms with Crippen LogP contribution in [0.4, 0.5) is 17.1 Å². The van der Waals surface area contributed by atoms with Crippen LogP contribution >= 0.6 is 0 Å². The fraction of sp³-hybridized carbons (Fsp3) is 0.276. The average molecular weight is 515 g/mol. The Morgan fingerprint density at radius 1 is 0.946 bits per heavy atom. The molecule has 0 unspecified atom stereocenters. The maximum absolute atomic E-state index is 13.3. The van der Waals surface area contributed by atoms with E-state index in [1.807, 2.05) is 42.5 Å². The molecule has 7 nitrogen and oxygen atoms in total. The molecule has 0 atom stereocenters. The number of nitrogens with one attached hydrogen (secondary N) is 3. The Balaban J connectivity index is 1.39. The molecule has 3 aliphatic rings. The van der Waals surface area contributed by atoms with Gasteiger partial charge in [-0.25, -0.2) is 13.1 Å². The largest absolute Gasteiger partial charge is 0.372 e. The van der Waals surface area contributed by atoms with Crippen LogP contribution in [0, 0.1) is 5.92 Å². The van der Waals surface area contributed by atoms with Crippen molar-refractivity contribution in [2.24, 2.45) is 5.92 Å². The number of benzene rings is 3. The highest BCUT2D eigenvalue weighted by molar-refractivity contribution is 7.89.